The van der Waals surface area contributed by atoms with Crippen LogP contribution in [0.5, 0.6) is 0 Å². The summed E-state index contributed by atoms with van der Waals surface area (Å²) >= 11 is 0. The SMILES string of the molecule is Cc1ccc(C(O)C(O)C2CCCCC2)cc1C. The van der Waals surface area contributed by atoms with Crippen molar-refractivity contribution in [2.24, 2.45) is 5.92 Å². The molecule has 0 heterocycles. The maximum absolute atomic E-state index is 10.3. The molecule has 1 aromatic rings. The molecule has 1 aliphatic rings. The molecular weight excluding hydrogens is 224 g/mol. The lowest BCUT2D eigenvalue weighted by atomic mass is 9.82. The van der Waals surface area contributed by atoms with Gasteiger partial charge in [0.2, 0.25) is 0 Å². The lowest BCUT2D eigenvalue weighted by Gasteiger charge is -2.30. The molecule has 2 nitrogen and oxygen atoms in total. The van der Waals surface area contributed by atoms with Crippen LogP contribution in [0.4, 0.5) is 0 Å². The minimum Gasteiger partial charge on any atom is -0.390 e. The van der Waals surface area contributed by atoms with E-state index < -0.39 is 12.2 Å². The van der Waals surface area contributed by atoms with Crippen molar-refractivity contribution >= 4 is 0 Å². The van der Waals surface area contributed by atoms with Crippen molar-refractivity contribution < 1.29 is 10.2 Å². The van der Waals surface area contributed by atoms with Crippen molar-refractivity contribution in [1.29, 1.82) is 0 Å². The van der Waals surface area contributed by atoms with Gasteiger partial charge in [-0.2, -0.15) is 0 Å². The summed E-state index contributed by atoms with van der Waals surface area (Å²) in [5.41, 5.74) is 3.23. The highest BCUT2D eigenvalue weighted by molar-refractivity contribution is 5.31. The van der Waals surface area contributed by atoms with Crippen LogP contribution in [-0.2, 0) is 0 Å². The molecule has 0 aliphatic heterocycles. The van der Waals surface area contributed by atoms with E-state index in [0.717, 1.165) is 18.4 Å². The summed E-state index contributed by atoms with van der Waals surface area (Å²) in [7, 11) is 0. The topological polar surface area (TPSA) is 40.5 Å². The summed E-state index contributed by atoms with van der Waals surface area (Å²) in [4.78, 5) is 0. The Morgan fingerprint density at radius 2 is 1.67 bits per heavy atom. The average molecular weight is 248 g/mol. The molecule has 100 valence electrons. The smallest absolute Gasteiger partial charge is 0.105 e. The Kier molecular flexibility index (Phi) is 4.41. The lowest BCUT2D eigenvalue weighted by Crippen LogP contribution is -2.29. The second-order valence-corrected chi connectivity index (χ2v) is 5.68. The second kappa shape index (κ2) is 5.85. The van der Waals surface area contributed by atoms with E-state index in [1.165, 1.54) is 30.4 Å². The van der Waals surface area contributed by atoms with E-state index in [2.05, 4.69) is 6.92 Å². The maximum Gasteiger partial charge on any atom is 0.105 e. The molecule has 0 radical (unpaired) electrons. The van der Waals surface area contributed by atoms with E-state index in [1.807, 2.05) is 25.1 Å². The van der Waals surface area contributed by atoms with Crippen molar-refractivity contribution in [2.45, 2.75) is 58.2 Å². The highest BCUT2D eigenvalue weighted by Gasteiger charge is 2.28. The van der Waals surface area contributed by atoms with Gasteiger partial charge in [0.15, 0.2) is 0 Å². The van der Waals surface area contributed by atoms with Gasteiger partial charge in [-0.1, -0.05) is 37.5 Å². The molecule has 2 atom stereocenters. The first-order valence-electron chi connectivity index (χ1n) is 7.03. The third kappa shape index (κ3) is 2.93. The third-order valence-electron chi connectivity index (χ3n) is 4.33. The van der Waals surface area contributed by atoms with Gasteiger partial charge >= 0.3 is 0 Å². The highest BCUT2D eigenvalue weighted by atomic mass is 16.3. The molecule has 0 bridgehead atoms. The standard InChI is InChI=1S/C16H24O2/c1-11-8-9-14(10-12(11)2)16(18)15(17)13-6-4-3-5-7-13/h8-10,13,15-18H,3-7H2,1-2H3. The minimum atomic E-state index is -0.743. The van der Waals surface area contributed by atoms with Crippen molar-refractivity contribution in [3.63, 3.8) is 0 Å². The monoisotopic (exact) mass is 248 g/mol. The van der Waals surface area contributed by atoms with Crippen molar-refractivity contribution in [1.82, 2.24) is 0 Å². The van der Waals surface area contributed by atoms with Crippen molar-refractivity contribution in [3.8, 4) is 0 Å². The Balaban J connectivity index is 2.09. The minimum absolute atomic E-state index is 0.260. The number of aliphatic hydroxyl groups excluding tert-OH is 2. The summed E-state index contributed by atoms with van der Waals surface area (Å²) in [6, 6.07) is 5.94. The Labute approximate surface area is 110 Å². The van der Waals surface area contributed by atoms with Gasteiger partial charge in [-0.25, -0.2) is 0 Å². The summed E-state index contributed by atoms with van der Waals surface area (Å²) in [6.45, 7) is 4.10. The number of hydrogen-bond donors (Lipinski definition) is 2. The van der Waals surface area contributed by atoms with Crippen LogP contribution in [0.2, 0.25) is 0 Å². The largest absolute Gasteiger partial charge is 0.390 e. The zero-order valence-corrected chi connectivity index (χ0v) is 11.4. The fraction of sp³-hybridized carbons (Fsp3) is 0.625. The molecule has 1 fully saturated rings. The van der Waals surface area contributed by atoms with Crippen LogP contribution in [0.25, 0.3) is 0 Å². The first-order chi connectivity index (χ1) is 8.59. The van der Waals surface area contributed by atoms with Crippen LogP contribution in [0.1, 0.15) is 54.9 Å². The normalized spacial score (nSPS) is 20.7. The van der Waals surface area contributed by atoms with E-state index in [1.54, 1.807) is 0 Å². The van der Waals surface area contributed by atoms with Gasteiger partial charge in [0.25, 0.3) is 0 Å². The van der Waals surface area contributed by atoms with Crippen molar-refractivity contribution in [2.75, 3.05) is 0 Å². The van der Waals surface area contributed by atoms with E-state index in [-0.39, 0.29) is 5.92 Å². The van der Waals surface area contributed by atoms with Crippen LogP contribution >= 0.6 is 0 Å². The van der Waals surface area contributed by atoms with Gasteiger partial charge in [0.05, 0.1) is 6.10 Å². The quantitative estimate of drug-likeness (QED) is 0.862. The lowest BCUT2D eigenvalue weighted by molar-refractivity contribution is -0.0285. The summed E-state index contributed by atoms with van der Waals surface area (Å²) in [6.07, 6.45) is 4.36. The summed E-state index contributed by atoms with van der Waals surface area (Å²) < 4.78 is 0. The van der Waals surface area contributed by atoms with Crippen LogP contribution in [0.3, 0.4) is 0 Å². The number of rotatable bonds is 3. The van der Waals surface area contributed by atoms with Gasteiger partial charge in [0.1, 0.15) is 6.10 Å². The van der Waals surface area contributed by atoms with E-state index in [9.17, 15) is 10.2 Å². The first kappa shape index (κ1) is 13.6. The molecule has 18 heavy (non-hydrogen) atoms. The van der Waals surface area contributed by atoms with Crippen LogP contribution < -0.4 is 0 Å². The zero-order chi connectivity index (χ0) is 13.1. The Bertz CT molecular complexity index is 394. The van der Waals surface area contributed by atoms with Gasteiger partial charge in [0, 0.05) is 0 Å². The predicted molar refractivity (Wildman–Crippen MR) is 73.5 cm³/mol. The molecule has 2 heteroatoms. The molecule has 1 aromatic carbocycles. The number of benzene rings is 1. The number of aryl methyl sites for hydroxylation is 2. The second-order valence-electron chi connectivity index (χ2n) is 5.68. The van der Waals surface area contributed by atoms with Gasteiger partial charge in [-0.15, -0.1) is 0 Å². The molecule has 2 rings (SSSR count). The molecule has 0 saturated heterocycles. The fourth-order valence-electron chi connectivity index (χ4n) is 2.88. The van der Waals surface area contributed by atoms with Crippen LogP contribution in [0.15, 0.2) is 18.2 Å². The highest BCUT2D eigenvalue weighted by Crippen LogP contribution is 2.32. The van der Waals surface area contributed by atoms with E-state index in [4.69, 9.17) is 0 Å². The van der Waals surface area contributed by atoms with Gasteiger partial charge < -0.3 is 10.2 Å². The molecule has 1 aliphatic carbocycles. The fourth-order valence-corrected chi connectivity index (χ4v) is 2.88. The number of aliphatic hydroxyl groups is 2. The molecular formula is C16H24O2. The van der Waals surface area contributed by atoms with Crippen molar-refractivity contribution in [3.05, 3.63) is 34.9 Å². The summed E-state index contributed by atoms with van der Waals surface area (Å²) in [5.74, 6) is 0.260. The Hall–Kier alpha value is -0.860. The number of hydrogen-bond acceptors (Lipinski definition) is 2. The van der Waals surface area contributed by atoms with E-state index >= 15 is 0 Å². The first-order valence-corrected chi connectivity index (χ1v) is 7.03. The third-order valence-corrected chi connectivity index (χ3v) is 4.33. The average Bonchev–Trinajstić information content (AvgIpc) is 2.41. The van der Waals surface area contributed by atoms with E-state index in [0.29, 0.717) is 0 Å². The zero-order valence-electron chi connectivity index (χ0n) is 11.4. The Morgan fingerprint density at radius 3 is 2.28 bits per heavy atom. The van der Waals surface area contributed by atoms with Crippen LogP contribution in [0, 0.1) is 19.8 Å². The maximum atomic E-state index is 10.3. The molecule has 0 spiro atoms. The molecule has 0 amide bonds. The van der Waals surface area contributed by atoms with Gasteiger partial charge in [-0.3, -0.25) is 0 Å². The molecule has 0 aromatic heterocycles. The Morgan fingerprint density at radius 1 is 1.00 bits per heavy atom. The molecule has 2 unspecified atom stereocenters. The molecule has 1 saturated carbocycles. The van der Waals surface area contributed by atoms with Crippen LogP contribution in [-0.4, -0.2) is 16.3 Å². The molecule has 2 N–H and O–H groups in total. The van der Waals surface area contributed by atoms with Gasteiger partial charge in [-0.05, 0) is 49.3 Å². The summed E-state index contributed by atoms with van der Waals surface area (Å²) in [5, 5.41) is 20.6. The predicted octanol–water partition coefficient (Wildman–Crippen LogP) is 3.28.